The molecule has 1 atom stereocenters. The Kier molecular flexibility index (Phi) is 4.74. The number of nitrogens with one attached hydrogen (secondary N) is 3. The summed E-state index contributed by atoms with van der Waals surface area (Å²) in [6.07, 6.45) is 3.36. The molecule has 1 fully saturated rings. The Morgan fingerprint density at radius 1 is 1.37 bits per heavy atom. The van der Waals surface area contributed by atoms with E-state index < -0.39 is 0 Å². The zero-order valence-corrected chi connectivity index (χ0v) is 11.6. The van der Waals surface area contributed by atoms with Crippen molar-refractivity contribution in [1.82, 2.24) is 15.6 Å². The minimum atomic E-state index is -0.175. The Morgan fingerprint density at radius 3 is 3.00 bits per heavy atom. The molecule has 1 aliphatic rings. The summed E-state index contributed by atoms with van der Waals surface area (Å²) < 4.78 is 0. The first-order valence-electron chi connectivity index (χ1n) is 6.87. The van der Waals surface area contributed by atoms with Crippen LogP contribution in [0.25, 0.3) is 0 Å². The van der Waals surface area contributed by atoms with Gasteiger partial charge >= 0.3 is 6.03 Å². The lowest BCUT2D eigenvalue weighted by atomic mass is 10.1. The minimum Gasteiger partial charge on any atom is -0.334 e. The predicted molar refractivity (Wildman–Crippen MR) is 76.4 cm³/mol. The Balaban J connectivity index is 1.89. The standard InChI is InChI=1S/C14H22N4O/c1-10-7-11(2)16-13(8-10)18-14(19)17-12-5-3-4-6-15-9-12/h7-8,12,15H,3-6,9H2,1-2H3,(H2,16,17,18,19). The third kappa shape index (κ3) is 4.52. The number of amides is 2. The third-order valence-electron chi connectivity index (χ3n) is 3.22. The molecule has 0 radical (unpaired) electrons. The van der Waals surface area contributed by atoms with Crippen LogP contribution in [0.4, 0.5) is 10.6 Å². The number of hydrogen-bond donors (Lipinski definition) is 3. The highest BCUT2D eigenvalue weighted by atomic mass is 16.2. The van der Waals surface area contributed by atoms with Crippen LogP contribution in [0.15, 0.2) is 12.1 Å². The van der Waals surface area contributed by atoms with Gasteiger partial charge in [0.15, 0.2) is 0 Å². The summed E-state index contributed by atoms with van der Waals surface area (Å²) in [5, 5.41) is 9.12. The molecule has 5 heteroatoms. The topological polar surface area (TPSA) is 66.0 Å². The molecule has 2 rings (SSSR count). The van der Waals surface area contributed by atoms with Crippen molar-refractivity contribution in [3.63, 3.8) is 0 Å². The first-order chi connectivity index (χ1) is 9.13. The van der Waals surface area contributed by atoms with Crippen molar-refractivity contribution in [3.05, 3.63) is 23.4 Å². The molecule has 5 nitrogen and oxygen atoms in total. The van der Waals surface area contributed by atoms with Crippen LogP contribution in [0.1, 0.15) is 30.5 Å². The Hall–Kier alpha value is -1.62. The zero-order valence-electron chi connectivity index (χ0n) is 11.6. The van der Waals surface area contributed by atoms with Crippen LogP contribution in [0, 0.1) is 13.8 Å². The summed E-state index contributed by atoms with van der Waals surface area (Å²) in [7, 11) is 0. The number of carbonyl (C=O) groups excluding carboxylic acids is 1. The lowest BCUT2D eigenvalue weighted by molar-refractivity contribution is 0.247. The summed E-state index contributed by atoms with van der Waals surface area (Å²) in [5.74, 6) is 0.608. The fourth-order valence-electron chi connectivity index (χ4n) is 2.39. The first-order valence-corrected chi connectivity index (χ1v) is 6.87. The van der Waals surface area contributed by atoms with E-state index in [2.05, 4.69) is 20.9 Å². The van der Waals surface area contributed by atoms with Crippen LogP contribution in [-0.4, -0.2) is 30.1 Å². The van der Waals surface area contributed by atoms with E-state index in [1.165, 1.54) is 6.42 Å². The summed E-state index contributed by atoms with van der Waals surface area (Å²) in [5.41, 5.74) is 2.00. The smallest absolute Gasteiger partial charge is 0.320 e. The number of hydrogen-bond acceptors (Lipinski definition) is 3. The average molecular weight is 262 g/mol. The van der Waals surface area contributed by atoms with Crippen LogP contribution in [0.2, 0.25) is 0 Å². The molecule has 0 spiro atoms. The molecule has 1 aliphatic heterocycles. The normalized spacial score (nSPS) is 19.6. The number of aromatic nitrogens is 1. The van der Waals surface area contributed by atoms with Crippen molar-refractivity contribution in [2.45, 2.75) is 39.2 Å². The van der Waals surface area contributed by atoms with Crippen LogP contribution in [-0.2, 0) is 0 Å². The molecule has 1 unspecified atom stereocenters. The highest BCUT2D eigenvalue weighted by Crippen LogP contribution is 2.09. The van der Waals surface area contributed by atoms with Crippen molar-refractivity contribution in [2.24, 2.45) is 0 Å². The number of carbonyl (C=O) groups is 1. The molecule has 0 saturated carbocycles. The molecule has 2 heterocycles. The van der Waals surface area contributed by atoms with Crippen molar-refractivity contribution < 1.29 is 4.79 Å². The predicted octanol–water partition coefficient (Wildman–Crippen LogP) is 1.96. The average Bonchev–Trinajstić information content (AvgIpc) is 2.55. The highest BCUT2D eigenvalue weighted by Gasteiger charge is 2.14. The number of pyridine rings is 1. The van der Waals surface area contributed by atoms with Gasteiger partial charge in [0.2, 0.25) is 0 Å². The number of nitrogens with zero attached hydrogens (tertiary/aromatic N) is 1. The van der Waals surface area contributed by atoms with Crippen molar-refractivity contribution in [3.8, 4) is 0 Å². The van der Waals surface area contributed by atoms with Crippen LogP contribution >= 0.6 is 0 Å². The number of rotatable bonds is 2. The van der Waals surface area contributed by atoms with Gasteiger partial charge in [0.25, 0.3) is 0 Å². The number of anilines is 1. The monoisotopic (exact) mass is 262 g/mol. The number of aryl methyl sites for hydroxylation is 2. The Bertz CT molecular complexity index is 419. The Morgan fingerprint density at radius 2 is 2.21 bits per heavy atom. The molecule has 19 heavy (non-hydrogen) atoms. The molecular formula is C14H22N4O. The molecule has 2 amide bonds. The van der Waals surface area contributed by atoms with E-state index in [1.54, 1.807) is 0 Å². The van der Waals surface area contributed by atoms with Crippen LogP contribution in [0.5, 0.6) is 0 Å². The first kappa shape index (κ1) is 13.8. The van der Waals surface area contributed by atoms with E-state index in [1.807, 2.05) is 26.0 Å². The maximum atomic E-state index is 11.9. The van der Waals surface area contributed by atoms with Gasteiger partial charge in [-0.05, 0) is 50.9 Å². The molecule has 104 valence electrons. The van der Waals surface area contributed by atoms with E-state index in [-0.39, 0.29) is 12.1 Å². The van der Waals surface area contributed by atoms with E-state index >= 15 is 0 Å². The number of urea groups is 1. The Labute approximate surface area is 114 Å². The van der Waals surface area contributed by atoms with Gasteiger partial charge in [-0.1, -0.05) is 6.42 Å². The summed E-state index contributed by atoms with van der Waals surface area (Å²) in [4.78, 5) is 16.2. The minimum absolute atomic E-state index is 0.175. The molecule has 0 aliphatic carbocycles. The van der Waals surface area contributed by atoms with Crippen LogP contribution < -0.4 is 16.0 Å². The largest absolute Gasteiger partial charge is 0.334 e. The molecule has 1 saturated heterocycles. The lowest BCUT2D eigenvalue weighted by Crippen LogP contribution is -2.43. The fraction of sp³-hybridized carbons (Fsp3) is 0.571. The van der Waals surface area contributed by atoms with E-state index in [4.69, 9.17) is 0 Å². The second kappa shape index (κ2) is 6.52. The van der Waals surface area contributed by atoms with Crippen molar-refractivity contribution in [1.29, 1.82) is 0 Å². The van der Waals surface area contributed by atoms with Gasteiger partial charge in [0.05, 0.1) is 0 Å². The second-order valence-corrected chi connectivity index (χ2v) is 5.17. The van der Waals surface area contributed by atoms with Gasteiger partial charge in [0.1, 0.15) is 5.82 Å². The van der Waals surface area contributed by atoms with Gasteiger partial charge in [0, 0.05) is 18.3 Å². The highest BCUT2D eigenvalue weighted by molar-refractivity contribution is 5.88. The van der Waals surface area contributed by atoms with Crippen molar-refractivity contribution >= 4 is 11.8 Å². The van der Waals surface area contributed by atoms with Gasteiger partial charge in [-0.3, -0.25) is 5.32 Å². The molecule has 1 aromatic rings. The third-order valence-corrected chi connectivity index (χ3v) is 3.22. The quantitative estimate of drug-likeness (QED) is 0.763. The molecule has 1 aromatic heterocycles. The van der Waals surface area contributed by atoms with E-state index in [0.29, 0.717) is 5.82 Å². The van der Waals surface area contributed by atoms with Gasteiger partial charge < -0.3 is 10.6 Å². The SMILES string of the molecule is Cc1cc(C)nc(NC(=O)NC2CCCCNC2)c1. The van der Waals surface area contributed by atoms with E-state index in [9.17, 15) is 4.79 Å². The molecule has 0 aromatic carbocycles. The van der Waals surface area contributed by atoms with Gasteiger partial charge in [-0.2, -0.15) is 0 Å². The van der Waals surface area contributed by atoms with Crippen LogP contribution in [0.3, 0.4) is 0 Å². The molecule has 3 N–H and O–H groups in total. The lowest BCUT2D eigenvalue weighted by Gasteiger charge is -2.16. The maximum Gasteiger partial charge on any atom is 0.320 e. The molecule has 0 bridgehead atoms. The second-order valence-electron chi connectivity index (χ2n) is 5.17. The summed E-state index contributed by atoms with van der Waals surface area (Å²) in [6, 6.07) is 3.88. The van der Waals surface area contributed by atoms with Crippen molar-refractivity contribution in [2.75, 3.05) is 18.4 Å². The zero-order chi connectivity index (χ0) is 13.7. The van der Waals surface area contributed by atoms with Gasteiger partial charge in [-0.15, -0.1) is 0 Å². The summed E-state index contributed by atoms with van der Waals surface area (Å²) in [6.45, 7) is 5.80. The van der Waals surface area contributed by atoms with E-state index in [0.717, 1.165) is 37.2 Å². The maximum absolute atomic E-state index is 11.9. The molecular weight excluding hydrogens is 240 g/mol. The summed E-state index contributed by atoms with van der Waals surface area (Å²) >= 11 is 0. The fourth-order valence-corrected chi connectivity index (χ4v) is 2.39. The van der Waals surface area contributed by atoms with Gasteiger partial charge in [-0.25, -0.2) is 9.78 Å².